The number of rotatable bonds is 2. The lowest BCUT2D eigenvalue weighted by atomic mass is 9.99. The van der Waals surface area contributed by atoms with E-state index in [1.54, 1.807) is 0 Å². The predicted octanol–water partition coefficient (Wildman–Crippen LogP) is 5.39. The molecule has 0 bridgehead atoms. The molecule has 0 radical (unpaired) electrons. The van der Waals surface area contributed by atoms with E-state index in [2.05, 4.69) is 71.5 Å². The summed E-state index contributed by atoms with van der Waals surface area (Å²) < 4.78 is 7.06. The van der Waals surface area contributed by atoms with Crippen LogP contribution in [0.5, 0.6) is 5.75 Å². The molecule has 0 saturated carbocycles. The second-order valence-electron chi connectivity index (χ2n) is 5.66. The first-order chi connectivity index (χ1) is 10.1. The Labute approximate surface area is 134 Å². The molecule has 1 aliphatic rings. The van der Waals surface area contributed by atoms with Gasteiger partial charge in [-0.15, -0.1) is 0 Å². The largest absolute Gasteiger partial charge is 0.493 e. The Bertz CT molecular complexity index is 654. The fraction of sp³-hybridized carbons (Fsp3) is 0.333. The van der Waals surface area contributed by atoms with Crippen LogP contribution in [-0.4, -0.2) is 6.61 Å². The van der Waals surface area contributed by atoms with Crippen LogP contribution < -0.4 is 10.1 Å². The molecule has 3 rings (SSSR count). The van der Waals surface area contributed by atoms with E-state index in [-0.39, 0.29) is 0 Å². The highest BCUT2D eigenvalue weighted by atomic mass is 79.9. The van der Waals surface area contributed by atoms with Crippen LogP contribution in [0.15, 0.2) is 40.9 Å². The summed E-state index contributed by atoms with van der Waals surface area (Å²) in [5, 5.41) is 3.67. The summed E-state index contributed by atoms with van der Waals surface area (Å²) in [6, 6.07) is 13.1. The van der Waals surface area contributed by atoms with Gasteiger partial charge in [-0.3, -0.25) is 0 Å². The van der Waals surface area contributed by atoms with Gasteiger partial charge in [-0.05, 0) is 65.9 Å². The molecule has 2 aromatic rings. The van der Waals surface area contributed by atoms with Gasteiger partial charge in [0.05, 0.1) is 12.6 Å². The normalized spacial score (nSPS) is 17.6. The third-order valence-electron chi connectivity index (χ3n) is 3.96. The molecular weight excluding hydrogens is 326 g/mol. The third kappa shape index (κ3) is 3.08. The van der Waals surface area contributed by atoms with E-state index in [0.29, 0.717) is 6.04 Å². The number of fused-ring (bicyclic) bond motifs is 1. The second kappa shape index (κ2) is 6.10. The minimum atomic E-state index is 0.293. The van der Waals surface area contributed by atoms with Gasteiger partial charge in [0.1, 0.15) is 5.75 Å². The van der Waals surface area contributed by atoms with Crippen molar-refractivity contribution in [3.05, 3.63) is 57.6 Å². The lowest BCUT2D eigenvalue weighted by molar-refractivity contribution is 0.314. The number of hydrogen-bond donors (Lipinski definition) is 1. The Morgan fingerprint density at radius 3 is 2.86 bits per heavy atom. The van der Waals surface area contributed by atoms with Gasteiger partial charge >= 0.3 is 0 Å². The average Bonchev–Trinajstić information content (AvgIpc) is 2.66. The molecule has 0 amide bonds. The number of anilines is 1. The molecule has 0 aromatic heterocycles. The van der Waals surface area contributed by atoms with Crippen LogP contribution in [0.4, 0.5) is 5.69 Å². The van der Waals surface area contributed by atoms with E-state index in [1.165, 1.54) is 16.7 Å². The predicted molar refractivity (Wildman–Crippen MR) is 91.2 cm³/mol. The van der Waals surface area contributed by atoms with Crippen molar-refractivity contribution in [1.82, 2.24) is 0 Å². The Kier molecular flexibility index (Phi) is 4.20. The fourth-order valence-corrected chi connectivity index (χ4v) is 3.45. The van der Waals surface area contributed by atoms with Gasteiger partial charge in [0, 0.05) is 15.7 Å². The van der Waals surface area contributed by atoms with Gasteiger partial charge in [-0.1, -0.05) is 24.3 Å². The third-order valence-corrected chi connectivity index (χ3v) is 4.61. The number of para-hydroxylation sites is 1. The highest BCUT2D eigenvalue weighted by molar-refractivity contribution is 9.10. The van der Waals surface area contributed by atoms with Crippen LogP contribution in [0.25, 0.3) is 0 Å². The molecule has 2 aromatic carbocycles. The van der Waals surface area contributed by atoms with Crippen molar-refractivity contribution in [2.45, 2.75) is 32.7 Å². The Morgan fingerprint density at radius 1 is 1.19 bits per heavy atom. The lowest BCUT2D eigenvalue weighted by Crippen LogP contribution is -2.11. The van der Waals surface area contributed by atoms with E-state index in [1.807, 2.05) is 0 Å². The number of aryl methyl sites for hydroxylation is 2. The standard InChI is InChI=1S/C18H20BrNO/c1-12-8-9-17(15(19)11-12)20-16-7-4-10-21-18-13(2)5-3-6-14(16)18/h3,5-6,8-9,11,16,20H,4,7,10H2,1-2H3. The highest BCUT2D eigenvalue weighted by Crippen LogP contribution is 2.37. The maximum atomic E-state index is 5.94. The van der Waals surface area contributed by atoms with Crippen molar-refractivity contribution < 1.29 is 4.74 Å². The zero-order chi connectivity index (χ0) is 14.8. The van der Waals surface area contributed by atoms with Crippen molar-refractivity contribution in [3.8, 4) is 5.75 Å². The molecule has 1 N–H and O–H groups in total. The maximum absolute atomic E-state index is 5.94. The smallest absolute Gasteiger partial charge is 0.127 e. The number of hydrogen-bond acceptors (Lipinski definition) is 2. The molecule has 1 aliphatic heterocycles. The van der Waals surface area contributed by atoms with E-state index < -0.39 is 0 Å². The first-order valence-electron chi connectivity index (χ1n) is 7.40. The topological polar surface area (TPSA) is 21.3 Å². The van der Waals surface area contributed by atoms with Crippen LogP contribution in [-0.2, 0) is 0 Å². The molecule has 0 spiro atoms. The van der Waals surface area contributed by atoms with Crippen LogP contribution in [0.3, 0.4) is 0 Å². The van der Waals surface area contributed by atoms with Gasteiger partial charge < -0.3 is 10.1 Å². The molecule has 110 valence electrons. The molecule has 0 fully saturated rings. The summed E-state index contributed by atoms with van der Waals surface area (Å²) in [6.45, 7) is 5.01. The number of ether oxygens (including phenoxy) is 1. The van der Waals surface area contributed by atoms with E-state index >= 15 is 0 Å². The molecule has 3 heteroatoms. The van der Waals surface area contributed by atoms with Crippen LogP contribution >= 0.6 is 15.9 Å². The zero-order valence-corrected chi connectivity index (χ0v) is 14.0. The van der Waals surface area contributed by atoms with Crippen molar-refractivity contribution in [2.24, 2.45) is 0 Å². The Balaban J connectivity index is 1.94. The minimum Gasteiger partial charge on any atom is -0.493 e. The van der Waals surface area contributed by atoms with Crippen LogP contribution in [0.1, 0.15) is 35.6 Å². The first kappa shape index (κ1) is 14.5. The van der Waals surface area contributed by atoms with Crippen molar-refractivity contribution in [2.75, 3.05) is 11.9 Å². The van der Waals surface area contributed by atoms with E-state index in [0.717, 1.165) is 35.4 Å². The average molecular weight is 346 g/mol. The second-order valence-corrected chi connectivity index (χ2v) is 6.52. The molecule has 21 heavy (non-hydrogen) atoms. The van der Waals surface area contributed by atoms with Gasteiger partial charge in [0.15, 0.2) is 0 Å². The zero-order valence-electron chi connectivity index (χ0n) is 12.4. The Morgan fingerprint density at radius 2 is 2.05 bits per heavy atom. The van der Waals surface area contributed by atoms with Gasteiger partial charge in [-0.25, -0.2) is 0 Å². The summed E-state index contributed by atoms with van der Waals surface area (Å²) in [5.41, 5.74) is 4.87. The van der Waals surface area contributed by atoms with Crippen molar-refractivity contribution >= 4 is 21.6 Å². The molecule has 0 saturated heterocycles. The quantitative estimate of drug-likeness (QED) is 0.787. The molecule has 1 unspecified atom stereocenters. The van der Waals surface area contributed by atoms with E-state index in [9.17, 15) is 0 Å². The summed E-state index contributed by atoms with van der Waals surface area (Å²) in [4.78, 5) is 0. The van der Waals surface area contributed by atoms with Gasteiger partial charge in [-0.2, -0.15) is 0 Å². The molecular formula is C18H20BrNO. The summed E-state index contributed by atoms with van der Waals surface area (Å²) in [6.07, 6.45) is 2.14. The molecule has 0 aliphatic carbocycles. The van der Waals surface area contributed by atoms with E-state index in [4.69, 9.17) is 4.74 Å². The van der Waals surface area contributed by atoms with Crippen molar-refractivity contribution in [1.29, 1.82) is 0 Å². The number of benzene rings is 2. The fourth-order valence-electron chi connectivity index (χ4n) is 2.84. The summed E-state index contributed by atoms with van der Waals surface area (Å²) in [5.74, 6) is 1.05. The number of halogens is 1. The van der Waals surface area contributed by atoms with Crippen LogP contribution in [0, 0.1) is 13.8 Å². The van der Waals surface area contributed by atoms with Gasteiger partial charge in [0.2, 0.25) is 0 Å². The molecule has 2 nitrogen and oxygen atoms in total. The van der Waals surface area contributed by atoms with Gasteiger partial charge in [0.25, 0.3) is 0 Å². The summed E-state index contributed by atoms with van der Waals surface area (Å²) in [7, 11) is 0. The lowest BCUT2D eigenvalue weighted by Gasteiger charge is -2.21. The van der Waals surface area contributed by atoms with Crippen molar-refractivity contribution in [3.63, 3.8) is 0 Å². The number of nitrogens with one attached hydrogen (secondary N) is 1. The minimum absolute atomic E-state index is 0.293. The summed E-state index contributed by atoms with van der Waals surface area (Å²) >= 11 is 3.65. The SMILES string of the molecule is Cc1ccc(NC2CCCOc3c(C)cccc32)c(Br)c1. The monoisotopic (exact) mass is 345 g/mol. The first-order valence-corrected chi connectivity index (χ1v) is 8.19. The molecule has 1 heterocycles. The Hall–Kier alpha value is -1.48. The molecule has 1 atom stereocenters. The maximum Gasteiger partial charge on any atom is 0.127 e. The van der Waals surface area contributed by atoms with Crippen LogP contribution in [0.2, 0.25) is 0 Å². The highest BCUT2D eigenvalue weighted by Gasteiger charge is 2.21.